The molecule has 0 aliphatic heterocycles. The molecule has 2 aromatic rings. The van der Waals surface area contributed by atoms with Crippen molar-refractivity contribution in [3.05, 3.63) is 36.0 Å². The van der Waals surface area contributed by atoms with Crippen LogP contribution in [0, 0.1) is 0 Å². The number of fused-ring (bicyclic) bond motifs is 1. The number of nitrogens with one attached hydrogen (secondary N) is 3. The van der Waals surface area contributed by atoms with E-state index in [1.807, 2.05) is 30.5 Å². The van der Waals surface area contributed by atoms with Gasteiger partial charge in [0.2, 0.25) is 17.7 Å². The molecule has 1 heterocycles. The van der Waals surface area contributed by atoms with E-state index in [4.69, 9.17) is 11.5 Å². The van der Waals surface area contributed by atoms with E-state index in [0.29, 0.717) is 6.42 Å². The van der Waals surface area contributed by atoms with Gasteiger partial charge < -0.3 is 27.1 Å². The lowest BCUT2D eigenvalue weighted by Crippen LogP contribution is -2.51. The molecule has 2 rings (SSSR count). The minimum absolute atomic E-state index is 0.277. The van der Waals surface area contributed by atoms with Crippen LogP contribution >= 0.6 is 0 Å². The number of carbonyl (C=O) groups is 3. The number of H-pyrrole nitrogens is 1. The fourth-order valence-electron chi connectivity index (χ4n) is 2.34. The van der Waals surface area contributed by atoms with E-state index in [9.17, 15) is 14.4 Å². The van der Waals surface area contributed by atoms with Crippen LogP contribution in [0.2, 0.25) is 0 Å². The second-order valence-electron chi connectivity index (χ2n) is 5.58. The highest BCUT2D eigenvalue weighted by Crippen LogP contribution is 2.18. The van der Waals surface area contributed by atoms with Gasteiger partial charge in [-0.1, -0.05) is 18.2 Å². The summed E-state index contributed by atoms with van der Waals surface area (Å²) in [5.41, 5.74) is 12.8. The summed E-state index contributed by atoms with van der Waals surface area (Å²) in [7, 11) is 0. The minimum atomic E-state index is -0.814. The predicted octanol–water partition coefficient (Wildman–Crippen LogP) is -0.856. The SMILES string of the molecule is C[C@H](NC(=O)[C@@H](N)Cc1c[nH]c2ccccc12)C(=O)NCC(N)=O. The Morgan fingerprint density at radius 2 is 1.92 bits per heavy atom. The van der Waals surface area contributed by atoms with Gasteiger partial charge in [-0.15, -0.1) is 0 Å². The molecule has 1 aromatic carbocycles. The third-order valence-electron chi connectivity index (χ3n) is 3.64. The number of hydrogen-bond donors (Lipinski definition) is 5. The highest BCUT2D eigenvalue weighted by atomic mass is 16.2. The maximum Gasteiger partial charge on any atom is 0.242 e. The summed E-state index contributed by atoms with van der Waals surface area (Å²) in [4.78, 5) is 37.6. The Bertz CT molecular complexity index is 755. The monoisotopic (exact) mass is 331 g/mol. The first-order valence-corrected chi connectivity index (χ1v) is 7.55. The molecule has 2 atom stereocenters. The Hall–Kier alpha value is -2.87. The molecule has 0 bridgehead atoms. The topological polar surface area (TPSA) is 143 Å². The summed E-state index contributed by atoms with van der Waals surface area (Å²) < 4.78 is 0. The molecule has 0 radical (unpaired) electrons. The smallest absolute Gasteiger partial charge is 0.242 e. The van der Waals surface area contributed by atoms with Crippen LogP contribution in [0.25, 0.3) is 10.9 Å². The van der Waals surface area contributed by atoms with Crippen LogP contribution in [0.5, 0.6) is 0 Å². The third-order valence-corrected chi connectivity index (χ3v) is 3.64. The van der Waals surface area contributed by atoms with Crippen molar-refractivity contribution in [3.63, 3.8) is 0 Å². The molecule has 0 saturated carbocycles. The number of primary amides is 1. The maximum atomic E-state index is 12.1. The molecule has 128 valence electrons. The van der Waals surface area contributed by atoms with Gasteiger partial charge in [0.1, 0.15) is 6.04 Å². The Morgan fingerprint density at radius 1 is 1.21 bits per heavy atom. The van der Waals surface area contributed by atoms with Crippen molar-refractivity contribution < 1.29 is 14.4 Å². The fourth-order valence-corrected chi connectivity index (χ4v) is 2.34. The standard InChI is InChI=1S/C16H21N5O3/c1-9(15(23)20-8-14(18)22)21-16(24)12(17)6-10-7-19-13-5-3-2-4-11(10)13/h2-5,7,9,12,19H,6,8,17H2,1H3,(H2,18,22)(H,20,23)(H,21,24)/t9-,12-/m0/s1. The van der Waals surface area contributed by atoms with Gasteiger partial charge in [-0.2, -0.15) is 0 Å². The average molecular weight is 331 g/mol. The molecule has 7 N–H and O–H groups in total. The molecule has 24 heavy (non-hydrogen) atoms. The fraction of sp³-hybridized carbons (Fsp3) is 0.312. The summed E-state index contributed by atoms with van der Waals surface area (Å²) in [6.45, 7) is 1.23. The summed E-state index contributed by atoms with van der Waals surface area (Å²) in [5.74, 6) is -1.60. The number of benzene rings is 1. The lowest BCUT2D eigenvalue weighted by molar-refractivity contribution is -0.130. The van der Waals surface area contributed by atoms with Crippen molar-refractivity contribution in [1.82, 2.24) is 15.6 Å². The van der Waals surface area contributed by atoms with Crippen LogP contribution in [-0.2, 0) is 20.8 Å². The summed E-state index contributed by atoms with van der Waals surface area (Å²) in [6.07, 6.45) is 2.16. The van der Waals surface area contributed by atoms with E-state index in [0.717, 1.165) is 16.5 Å². The molecule has 0 aliphatic rings. The van der Waals surface area contributed by atoms with Crippen molar-refractivity contribution in [2.24, 2.45) is 11.5 Å². The van der Waals surface area contributed by atoms with Crippen molar-refractivity contribution in [3.8, 4) is 0 Å². The second kappa shape index (κ2) is 7.60. The number of para-hydroxylation sites is 1. The van der Waals surface area contributed by atoms with E-state index in [1.165, 1.54) is 6.92 Å². The van der Waals surface area contributed by atoms with Gasteiger partial charge in [-0.05, 0) is 25.0 Å². The zero-order chi connectivity index (χ0) is 17.7. The lowest BCUT2D eigenvalue weighted by Gasteiger charge is -2.17. The van der Waals surface area contributed by atoms with Crippen molar-refractivity contribution >= 4 is 28.6 Å². The highest BCUT2D eigenvalue weighted by Gasteiger charge is 2.21. The molecule has 0 saturated heterocycles. The Morgan fingerprint density at radius 3 is 2.62 bits per heavy atom. The average Bonchev–Trinajstić information content (AvgIpc) is 2.95. The summed E-state index contributed by atoms with van der Waals surface area (Å²) in [6, 6.07) is 6.11. The minimum Gasteiger partial charge on any atom is -0.368 e. The highest BCUT2D eigenvalue weighted by molar-refractivity contribution is 5.92. The largest absolute Gasteiger partial charge is 0.368 e. The molecule has 0 spiro atoms. The van der Waals surface area contributed by atoms with E-state index in [1.54, 1.807) is 0 Å². The third kappa shape index (κ3) is 4.32. The molecule has 8 heteroatoms. The molecular weight excluding hydrogens is 310 g/mol. The van der Waals surface area contributed by atoms with Crippen LogP contribution in [0.15, 0.2) is 30.5 Å². The number of rotatable bonds is 7. The van der Waals surface area contributed by atoms with E-state index < -0.39 is 29.8 Å². The number of aromatic nitrogens is 1. The van der Waals surface area contributed by atoms with Gasteiger partial charge in [0.05, 0.1) is 12.6 Å². The molecule has 0 fully saturated rings. The van der Waals surface area contributed by atoms with Gasteiger partial charge >= 0.3 is 0 Å². The number of aromatic amines is 1. The van der Waals surface area contributed by atoms with Crippen LogP contribution < -0.4 is 22.1 Å². The Balaban J connectivity index is 1.92. The molecule has 8 nitrogen and oxygen atoms in total. The predicted molar refractivity (Wildman–Crippen MR) is 89.8 cm³/mol. The summed E-state index contributed by atoms with van der Waals surface area (Å²) in [5, 5.41) is 5.85. The van der Waals surface area contributed by atoms with Crippen molar-refractivity contribution in [2.75, 3.05) is 6.54 Å². The normalized spacial score (nSPS) is 13.2. The Kier molecular flexibility index (Phi) is 5.54. The van der Waals surface area contributed by atoms with E-state index >= 15 is 0 Å². The Labute approximate surface area is 139 Å². The zero-order valence-corrected chi connectivity index (χ0v) is 13.3. The molecular formula is C16H21N5O3. The van der Waals surface area contributed by atoms with Gasteiger partial charge in [0.15, 0.2) is 0 Å². The first-order valence-electron chi connectivity index (χ1n) is 7.55. The number of nitrogens with two attached hydrogens (primary N) is 2. The van der Waals surface area contributed by atoms with E-state index in [-0.39, 0.29) is 6.54 Å². The number of carbonyl (C=O) groups excluding carboxylic acids is 3. The van der Waals surface area contributed by atoms with Gasteiger partial charge in [0.25, 0.3) is 0 Å². The van der Waals surface area contributed by atoms with Crippen molar-refractivity contribution in [1.29, 1.82) is 0 Å². The quantitative estimate of drug-likeness (QED) is 0.450. The van der Waals surface area contributed by atoms with Gasteiger partial charge in [-0.3, -0.25) is 14.4 Å². The first kappa shape index (κ1) is 17.5. The number of hydrogen-bond acceptors (Lipinski definition) is 4. The molecule has 0 aliphatic carbocycles. The molecule has 0 unspecified atom stereocenters. The van der Waals surface area contributed by atoms with E-state index in [2.05, 4.69) is 15.6 Å². The number of amides is 3. The van der Waals surface area contributed by atoms with Crippen LogP contribution in [0.3, 0.4) is 0 Å². The van der Waals surface area contributed by atoms with Crippen LogP contribution in [0.4, 0.5) is 0 Å². The van der Waals surface area contributed by atoms with Gasteiger partial charge in [-0.25, -0.2) is 0 Å². The molecule has 3 amide bonds. The van der Waals surface area contributed by atoms with Crippen LogP contribution in [0.1, 0.15) is 12.5 Å². The summed E-state index contributed by atoms with van der Waals surface area (Å²) >= 11 is 0. The van der Waals surface area contributed by atoms with Crippen LogP contribution in [-0.4, -0.2) is 41.3 Å². The lowest BCUT2D eigenvalue weighted by atomic mass is 10.0. The zero-order valence-electron chi connectivity index (χ0n) is 13.3. The van der Waals surface area contributed by atoms with Gasteiger partial charge in [0, 0.05) is 17.1 Å². The second-order valence-corrected chi connectivity index (χ2v) is 5.58. The maximum absolute atomic E-state index is 12.1. The first-order chi connectivity index (χ1) is 11.4. The van der Waals surface area contributed by atoms with Crippen molar-refractivity contribution in [2.45, 2.75) is 25.4 Å². The molecule has 1 aromatic heterocycles.